The van der Waals surface area contributed by atoms with Crippen molar-refractivity contribution in [3.05, 3.63) is 23.8 Å². The van der Waals surface area contributed by atoms with Gasteiger partial charge in [-0.25, -0.2) is 9.48 Å². The predicted molar refractivity (Wildman–Crippen MR) is 89.8 cm³/mol. The van der Waals surface area contributed by atoms with Crippen LogP contribution in [0.2, 0.25) is 0 Å². The van der Waals surface area contributed by atoms with E-state index in [-0.39, 0.29) is 11.9 Å². The molecule has 3 amide bonds. The summed E-state index contributed by atoms with van der Waals surface area (Å²) >= 11 is 0. The van der Waals surface area contributed by atoms with Crippen LogP contribution in [0.25, 0.3) is 11.0 Å². The molecule has 0 radical (unpaired) electrons. The molecule has 24 heavy (non-hydrogen) atoms. The first kappa shape index (κ1) is 16.2. The number of urea groups is 1. The normalized spacial score (nSPS) is 14.9. The SMILES string of the molecule is CCNC(=O)N1CCN(C(=O)c2ccc3c(c2)nnn3CC)CC1. The number of nitrogens with zero attached hydrogens (tertiary/aromatic N) is 5. The fraction of sp³-hybridized carbons (Fsp3) is 0.500. The average Bonchev–Trinajstić information content (AvgIpc) is 3.03. The van der Waals surface area contributed by atoms with E-state index < -0.39 is 0 Å². The molecule has 1 aliphatic rings. The molecule has 1 fully saturated rings. The zero-order valence-electron chi connectivity index (χ0n) is 14.0. The topological polar surface area (TPSA) is 83.4 Å². The Kier molecular flexibility index (Phi) is 4.64. The number of fused-ring (bicyclic) bond motifs is 1. The van der Waals surface area contributed by atoms with Gasteiger partial charge in [0.25, 0.3) is 5.91 Å². The predicted octanol–water partition coefficient (Wildman–Crippen LogP) is 0.938. The average molecular weight is 330 g/mol. The smallest absolute Gasteiger partial charge is 0.317 e. The highest BCUT2D eigenvalue weighted by atomic mass is 16.2. The Balaban J connectivity index is 1.68. The highest BCUT2D eigenvalue weighted by Gasteiger charge is 2.24. The highest BCUT2D eigenvalue weighted by molar-refractivity contribution is 5.97. The van der Waals surface area contributed by atoms with Crippen LogP contribution in [0.4, 0.5) is 4.79 Å². The second-order valence-electron chi connectivity index (χ2n) is 5.72. The zero-order chi connectivity index (χ0) is 17.1. The van der Waals surface area contributed by atoms with Gasteiger partial charge >= 0.3 is 6.03 Å². The molecule has 1 aromatic heterocycles. The van der Waals surface area contributed by atoms with E-state index in [1.807, 2.05) is 26.0 Å². The van der Waals surface area contributed by atoms with Crippen LogP contribution in [-0.2, 0) is 6.54 Å². The van der Waals surface area contributed by atoms with Crippen LogP contribution in [0, 0.1) is 0 Å². The zero-order valence-corrected chi connectivity index (χ0v) is 14.0. The lowest BCUT2D eigenvalue weighted by atomic mass is 10.1. The summed E-state index contributed by atoms with van der Waals surface area (Å²) < 4.78 is 1.80. The van der Waals surface area contributed by atoms with E-state index in [0.29, 0.717) is 38.3 Å². The Hall–Kier alpha value is -2.64. The van der Waals surface area contributed by atoms with E-state index in [2.05, 4.69) is 15.6 Å². The van der Waals surface area contributed by atoms with Crippen LogP contribution in [0.5, 0.6) is 0 Å². The molecule has 1 saturated heterocycles. The summed E-state index contributed by atoms with van der Waals surface area (Å²) in [6.07, 6.45) is 0. The Labute approximate surface area is 140 Å². The molecule has 0 bridgehead atoms. The number of carbonyl (C=O) groups excluding carboxylic acids is 2. The van der Waals surface area contributed by atoms with Crippen LogP contribution >= 0.6 is 0 Å². The minimum absolute atomic E-state index is 0.0292. The van der Waals surface area contributed by atoms with Gasteiger partial charge in [-0.3, -0.25) is 4.79 Å². The molecule has 128 valence electrons. The fourth-order valence-electron chi connectivity index (χ4n) is 2.90. The van der Waals surface area contributed by atoms with Crippen LogP contribution in [0.15, 0.2) is 18.2 Å². The standard InChI is InChI=1S/C16H22N6O2/c1-3-17-16(24)21-9-7-20(8-10-21)15(23)12-5-6-14-13(11-12)18-19-22(14)4-2/h5-6,11H,3-4,7-10H2,1-2H3,(H,17,24). The Morgan fingerprint density at radius 1 is 1.12 bits per heavy atom. The van der Waals surface area contributed by atoms with Crippen molar-refractivity contribution in [2.45, 2.75) is 20.4 Å². The molecule has 0 spiro atoms. The molecular formula is C16H22N6O2. The first-order valence-electron chi connectivity index (χ1n) is 8.29. The van der Waals surface area contributed by atoms with E-state index >= 15 is 0 Å². The molecular weight excluding hydrogens is 308 g/mol. The number of piperazine rings is 1. The molecule has 1 N–H and O–H groups in total. The van der Waals surface area contributed by atoms with Gasteiger partial charge < -0.3 is 15.1 Å². The first-order valence-corrected chi connectivity index (χ1v) is 8.29. The number of hydrogen-bond donors (Lipinski definition) is 1. The van der Waals surface area contributed by atoms with Gasteiger partial charge in [0.15, 0.2) is 0 Å². The number of aryl methyl sites for hydroxylation is 1. The number of rotatable bonds is 3. The van der Waals surface area contributed by atoms with Gasteiger partial charge in [0.2, 0.25) is 0 Å². The summed E-state index contributed by atoms with van der Waals surface area (Å²) in [5.41, 5.74) is 2.26. The number of hydrogen-bond acceptors (Lipinski definition) is 4. The molecule has 0 saturated carbocycles. The first-order chi connectivity index (χ1) is 11.6. The summed E-state index contributed by atoms with van der Waals surface area (Å²) in [6.45, 7) is 7.41. The molecule has 0 unspecified atom stereocenters. The largest absolute Gasteiger partial charge is 0.338 e. The van der Waals surface area contributed by atoms with Crippen molar-refractivity contribution in [1.82, 2.24) is 30.1 Å². The van der Waals surface area contributed by atoms with E-state index in [4.69, 9.17) is 0 Å². The number of aromatic nitrogens is 3. The Bertz CT molecular complexity index is 748. The molecule has 0 aliphatic carbocycles. The van der Waals surface area contributed by atoms with Crippen LogP contribution < -0.4 is 5.32 Å². The lowest BCUT2D eigenvalue weighted by molar-refractivity contribution is 0.0665. The van der Waals surface area contributed by atoms with E-state index in [9.17, 15) is 9.59 Å². The van der Waals surface area contributed by atoms with E-state index in [0.717, 1.165) is 17.6 Å². The molecule has 8 nitrogen and oxygen atoms in total. The lowest BCUT2D eigenvalue weighted by Gasteiger charge is -2.34. The summed E-state index contributed by atoms with van der Waals surface area (Å²) in [5.74, 6) is -0.0292. The minimum Gasteiger partial charge on any atom is -0.338 e. The number of amides is 3. The number of benzene rings is 1. The van der Waals surface area contributed by atoms with Gasteiger partial charge in [-0.15, -0.1) is 5.10 Å². The summed E-state index contributed by atoms with van der Waals surface area (Å²) in [7, 11) is 0. The van der Waals surface area contributed by atoms with Gasteiger partial charge in [-0.1, -0.05) is 5.21 Å². The van der Waals surface area contributed by atoms with Crippen molar-refractivity contribution < 1.29 is 9.59 Å². The second-order valence-corrected chi connectivity index (χ2v) is 5.72. The molecule has 2 heterocycles. The van der Waals surface area contributed by atoms with Gasteiger partial charge in [-0.2, -0.15) is 0 Å². The number of carbonyl (C=O) groups is 2. The van der Waals surface area contributed by atoms with Crippen molar-refractivity contribution >= 4 is 23.0 Å². The quantitative estimate of drug-likeness (QED) is 0.908. The van der Waals surface area contributed by atoms with E-state index in [1.54, 1.807) is 20.5 Å². The molecule has 8 heteroatoms. The molecule has 2 aromatic rings. The summed E-state index contributed by atoms with van der Waals surface area (Å²) in [5, 5.41) is 11.0. The van der Waals surface area contributed by atoms with Gasteiger partial charge in [0.05, 0.1) is 5.52 Å². The van der Waals surface area contributed by atoms with Crippen molar-refractivity contribution in [2.24, 2.45) is 0 Å². The van der Waals surface area contributed by atoms with Crippen molar-refractivity contribution in [2.75, 3.05) is 32.7 Å². The minimum atomic E-state index is -0.0674. The third-order valence-corrected chi connectivity index (χ3v) is 4.24. The Morgan fingerprint density at radius 3 is 2.50 bits per heavy atom. The fourth-order valence-corrected chi connectivity index (χ4v) is 2.90. The Morgan fingerprint density at radius 2 is 1.83 bits per heavy atom. The molecule has 1 aliphatic heterocycles. The summed E-state index contributed by atoms with van der Waals surface area (Å²) in [4.78, 5) is 28.0. The third kappa shape index (κ3) is 3.04. The second kappa shape index (κ2) is 6.86. The number of nitrogens with one attached hydrogen (secondary N) is 1. The van der Waals surface area contributed by atoms with Gasteiger partial charge in [0, 0.05) is 44.8 Å². The maximum Gasteiger partial charge on any atom is 0.317 e. The van der Waals surface area contributed by atoms with E-state index in [1.165, 1.54) is 0 Å². The van der Waals surface area contributed by atoms with Crippen LogP contribution in [-0.4, -0.2) is 69.5 Å². The van der Waals surface area contributed by atoms with Crippen molar-refractivity contribution in [3.63, 3.8) is 0 Å². The van der Waals surface area contributed by atoms with Gasteiger partial charge in [0.1, 0.15) is 5.52 Å². The highest BCUT2D eigenvalue weighted by Crippen LogP contribution is 2.16. The maximum absolute atomic E-state index is 12.7. The molecule has 0 atom stereocenters. The monoisotopic (exact) mass is 330 g/mol. The molecule has 1 aromatic carbocycles. The molecule has 3 rings (SSSR count). The third-order valence-electron chi connectivity index (χ3n) is 4.24. The maximum atomic E-state index is 12.7. The lowest BCUT2D eigenvalue weighted by Crippen LogP contribution is -2.53. The van der Waals surface area contributed by atoms with Crippen LogP contribution in [0.1, 0.15) is 24.2 Å². The van der Waals surface area contributed by atoms with Crippen molar-refractivity contribution in [3.8, 4) is 0 Å². The van der Waals surface area contributed by atoms with Crippen LogP contribution in [0.3, 0.4) is 0 Å². The van der Waals surface area contributed by atoms with Gasteiger partial charge in [-0.05, 0) is 32.0 Å². The van der Waals surface area contributed by atoms with Crippen molar-refractivity contribution in [1.29, 1.82) is 0 Å². The summed E-state index contributed by atoms with van der Waals surface area (Å²) in [6, 6.07) is 5.42.